The summed E-state index contributed by atoms with van der Waals surface area (Å²) < 4.78 is 0. The Kier molecular flexibility index (Phi) is 6.11. The highest BCUT2D eigenvalue weighted by Gasteiger charge is 2.38. The van der Waals surface area contributed by atoms with Crippen molar-refractivity contribution in [3.8, 4) is 0 Å². The third kappa shape index (κ3) is 3.71. The normalized spacial score (nSPS) is 20.6. The first-order valence-corrected chi connectivity index (χ1v) is 6.85. The minimum atomic E-state index is -0.510. The van der Waals surface area contributed by atoms with Crippen LogP contribution in [0.3, 0.4) is 0 Å². The lowest BCUT2D eigenvalue weighted by Crippen LogP contribution is -2.52. The number of hydrogen-bond donors (Lipinski definition) is 2. The molecule has 2 rings (SSSR count). The van der Waals surface area contributed by atoms with Crippen molar-refractivity contribution in [1.29, 1.82) is 0 Å². The molecule has 1 heterocycles. The molecular formula is C14H20ClN3O3. The molecule has 1 aliphatic rings. The van der Waals surface area contributed by atoms with E-state index in [0.717, 1.165) is 25.8 Å². The van der Waals surface area contributed by atoms with Crippen LogP contribution < -0.4 is 10.6 Å². The third-order valence-electron chi connectivity index (χ3n) is 3.91. The van der Waals surface area contributed by atoms with Gasteiger partial charge in [0, 0.05) is 18.2 Å². The van der Waals surface area contributed by atoms with E-state index in [2.05, 4.69) is 10.6 Å². The van der Waals surface area contributed by atoms with Crippen LogP contribution in [0.1, 0.15) is 31.7 Å². The number of benzene rings is 1. The standard InChI is InChI=1S/C14H19N3O3.ClH/c1-2-14(8-5-9-16-14)13(18)15-10-11-6-3-4-7-12(11)17(19)20;/h3-4,6-7,16H,2,5,8-10H2,1H3,(H,15,18);1H. The van der Waals surface area contributed by atoms with Crippen LogP contribution in [0.2, 0.25) is 0 Å². The second kappa shape index (κ2) is 7.38. The highest BCUT2D eigenvalue weighted by atomic mass is 35.5. The van der Waals surface area contributed by atoms with Gasteiger partial charge >= 0.3 is 0 Å². The summed E-state index contributed by atoms with van der Waals surface area (Å²) in [5.74, 6) is -0.0735. The van der Waals surface area contributed by atoms with Crippen molar-refractivity contribution >= 4 is 24.0 Å². The molecule has 1 aromatic carbocycles. The van der Waals surface area contributed by atoms with E-state index in [0.29, 0.717) is 5.56 Å². The van der Waals surface area contributed by atoms with Crippen LogP contribution in [0, 0.1) is 10.1 Å². The van der Waals surface area contributed by atoms with Gasteiger partial charge in [-0.05, 0) is 25.8 Å². The van der Waals surface area contributed by atoms with Gasteiger partial charge in [-0.25, -0.2) is 0 Å². The van der Waals surface area contributed by atoms with Crippen LogP contribution >= 0.6 is 12.4 Å². The number of nitro benzene ring substituents is 1. The molecule has 1 saturated heterocycles. The number of nitro groups is 1. The van der Waals surface area contributed by atoms with Gasteiger partial charge in [0.15, 0.2) is 0 Å². The zero-order valence-corrected chi connectivity index (χ0v) is 12.7. The quantitative estimate of drug-likeness (QED) is 0.644. The molecule has 0 saturated carbocycles. The molecule has 0 aliphatic carbocycles. The first-order chi connectivity index (χ1) is 9.59. The predicted octanol–water partition coefficient (Wildman–Crippen LogP) is 2.17. The summed E-state index contributed by atoms with van der Waals surface area (Å²) in [6.07, 6.45) is 2.51. The lowest BCUT2D eigenvalue weighted by molar-refractivity contribution is -0.385. The van der Waals surface area contributed by atoms with Gasteiger partial charge in [0.25, 0.3) is 5.69 Å². The topological polar surface area (TPSA) is 84.3 Å². The Morgan fingerprint density at radius 1 is 1.48 bits per heavy atom. The lowest BCUT2D eigenvalue weighted by atomic mass is 9.93. The number of nitrogens with one attached hydrogen (secondary N) is 2. The Balaban J connectivity index is 0.00000220. The molecule has 1 unspecified atom stereocenters. The number of amides is 1. The largest absolute Gasteiger partial charge is 0.350 e. The van der Waals surface area contributed by atoms with Crippen LogP contribution in [0.25, 0.3) is 0 Å². The average molecular weight is 314 g/mol. The fourth-order valence-corrected chi connectivity index (χ4v) is 2.65. The molecule has 0 radical (unpaired) electrons. The van der Waals surface area contributed by atoms with Gasteiger partial charge in [0.1, 0.15) is 0 Å². The van der Waals surface area contributed by atoms with Crippen molar-refractivity contribution in [2.75, 3.05) is 6.54 Å². The van der Waals surface area contributed by atoms with E-state index in [1.807, 2.05) is 6.92 Å². The highest BCUT2D eigenvalue weighted by molar-refractivity contribution is 5.86. The molecule has 7 heteroatoms. The monoisotopic (exact) mass is 313 g/mol. The molecule has 1 aromatic rings. The van der Waals surface area contributed by atoms with Crippen molar-refractivity contribution in [2.45, 2.75) is 38.3 Å². The Hall–Kier alpha value is -1.66. The second-order valence-corrected chi connectivity index (χ2v) is 5.03. The van der Waals surface area contributed by atoms with Crippen molar-refractivity contribution < 1.29 is 9.72 Å². The highest BCUT2D eigenvalue weighted by Crippen LogP contribution is 2.24. The van der Waals surface area contributed by atoms with E-state index in [1.165, 1.54) is 6.07 Å². The van der Waals surface area contributed by atoms with E-state index in [1.54, 1.807) is 18.2 Å². The maximum Gasteiger partial charge on any atom is 0.274 e. The molecule has 116 valence electrons. The molecule has 1 fully saturated rings. The summed E-state index contributed by atoms with van der Waals surface area (Å²) in [6, 6.07) is 6.47. The van der Waals surface area contributed by atoms with Crippen LogP contribution in [-0.4, -0.2) is 22.9 Å². The number of carbonyl (C=O) groups is 1. The van der Waals surface area contributed by atoms with Crippen LogP contribution in [0.4, 0.5) is 5.69 Å². The van der Waals surface area contributed by atoms with Crippen molar-refractivity contribution in [3.05, 3.63) is 39.9 Å². The van der Waals surface area contributed by atoms with Crippen LogP contribution in [0.15, 0.2) is 24.3 Å². The third-order valence-corrected chi connectivity index (χ3v) is 3.91. The summed E-state index contributed by atoms with van der Waals surface area (Å²) >= 11 is 0. The van der Waals surface area contributed by atoms with Gasteiger partial charge in [0.2, 0.25) is 5.91 Å². The van der Waals surface area contributed by atoms with E-state index in [4.69, 9.17) is 0 Å². The SMILES string of the molecule is CCC1(C(=O)NCc2ccccc2[N+](=O)[O-])CCCN1.Cl. The summed E-state index contributed by atoms with van der Waals surface area (Å²) in [7, 11) is 0. The molecule has 1 amide bonds. The fourth-order valence-electron chi connectivity index (χ4n) is 2.65. The number of halogens is 1. The van der Waals surface area contributed by atoms with Gasteiger partial charge < -0.3 is 10.6 Å². The maximum atomic E-state index is 12.3. The van der Waals surface area contributed by atoms with E-state index >= 15 is 0 Å². The van der Waals surface area contributed by atoms with Gasteiger partial charge in [0.05, 0.1) is 10.5 Å². The molecule has 21 heavy (non-hydrogen) atoms. The van der Waals surface area contributed by atoms with E-state index in [-0.39, 0.29) is 30.5 Å². The first kappa shape index (κ1) is 17.4. The van der Waals surface area contributed by atoms with E-state index in [9.17, 15) is 14.9 Å². The Labute approximate surface area is 129 Å². The van der Waals surface area contributed by atoms with E-state index < -0.39 is 10.5 Å². The Morgan fingerprint density at radius 2 is 2.19 bits per heavy atom. The second-order valence-electron chi connectivity index (χ2n) is 5.03. The van der Waals surface area contributed by atoms with Crippen molar-refractivity contribution in [3.63, 3.8) is 0 Å². The molecule has 1 aliphatic heterocycles. The Morgan fingerprint density at radius 3 is 2.76 bits per heavy atom. The van der Waals surface area contributed by atoms with Crippen molar-refractivity contribution in [2.24, 2.45) is 0 Å². The van der Waals surface area contributed by atoms with Crippen LogP contribution in [0.5, 0.6) is 0 Å². The maximum absolute atomic E-state index is 12.3. The zero-order chi connectivity index (χ0) is 14.6. The summed E-state index contributed by atoms with van der Waals surface area (Å²) in [5, 5.41) is 17.0. The van der Waals surface area contributed by atoms with Gasteiger partial charge in [-0.3, -0.25) is 14.9 Å². The van der Waals surface area contributed by atoms with Crippen LogP contribution in [-0.2, 0) is 11.3 Å². The minimum absolute atomic E-state index is 0. The summed E-state index contributed by atoms with van der Waals surface area (Å²) in [6.45, 7) is 3.00. The molecule has 0 aromatic heterocycles. The number of hydrogen-bond acceptors (Lipinski definition) is 4. The molecule has 1 atom stereocenters. The van der Waals surface area contributed by atoms with Gasteiger partial charge in [-0.15, -0.1) is 12.4 Å². The zero-order valence-electron chi connectivity index (χ0n) is 11.9. The number of nitrogens with zero attached hydrogens (tertiary/aromatic N) is 1. The summed E-state index contributed by atoms with van der Waals surface area (Å²) in [4.78, 5) is 22.8. The number of para-hydroxylation sites is 1. The number of carbonyl (C=O) groups excluding carboxylic acids is 1. The minimum Gasteiger partial charge on any atom is -0.350 e. The Bertz CT molecular complexity index is 516. The molecular weight excluding hydrogens is 294 g/mol. The van der Waals surface area contributed by atoms with Gasteiger partial charge in [-0.2, -0.15) is 0 Å². The molecule has 2 N–H and O–H groups in total. The van der Waals surface area contributed by atoms with Crippen molar-refractivity contribution in [1.82, 2.24) is 10.6 Å². The van der Waals surface area contributed by atoms with Gasteiger partial charge in [-0.1, -0.05) is 25.1 Å². The fraction of sp³-hybridized carbons (Fsp3) is 0.500. The smallest absolute Gasteiger partial charge is 0.274 e. The predicted molar refractivity (Wildman–Crippen MR) is 82.4 cm³/mol. The number of rotatable bonds is 5. The lowest BCUT2D eigenvalue weighted by Gasteiger charge is -2.26. The molecule has 6 nitrogen and oxygen atoms in total. The first-order valence-electron chi connectivity index (χ1n) is 6.85. The average Bonchev–Trinajstić information content (AvgIpc) is 2.95. The molecule has 0 spiro atoms. The summed E-state index contributed by atoms with van der Waals surface area (Å²) in [5.41, 5.74) is 0.0524. The molecule has 0 bridgehead atoms.